The highest BCUT2D eigenvalue weighted by atomic mass is 35.5. The number of nitro benzene ring substituents is 1. The molecule has 2 aliphatic rings. The number of nitrogens with zero attached hydrogens (tertiary/aromatic N) is 2. The van der Waals surface area contributed by atoms with Crippen molar-refractivity contribution in [2.75, 3.05) is 26.2 Å². The molecular formula is C13H16ClN3O2. The summed E-state index contributed by atoms with van der Waals surface area (Å²) in [4.78, 5) is 12.7. The Labute approximate surface area is 116 Å². The lowest BCUT2D eigenvalue weighted by atomic mass is 10.0. The second kappa shape index (κ2) is 5.07. The van der Waals surface area contributed by atoms with Gasteiger partial charge in [-0.25, -0.2) is 0 Å². The van der Waals surface area contributed by atoms with Crippen LogP contribution in [0.25, 0.3) is 0 Å². The summed E-state index contributed by atoms with van der Waals surface area (Å²) in [5.41, 5.74) is 1.02. The van der Waals surface area contributed by atoms with Gasteiger partial charge in [-0.2, -0.15) is 0 Å². The molecule has 0 bridgehead atoms. The first-order chi connectivity index (χ1) is 9.13. The molecule has 5 nitrogen and oxygen atoms in total. The van der Waals surface area contributed by atoms with E-state index < -0.39 is 4.92 Å². The third-order valence-electron chi connectivity index (χ3n) is 4.08. The Kier molecular flexibility index (Phi) is 3.43. The van der Waals surface area contributed by atoms with Gasteiger partial charge < -0.3 is 5.32 Å². The number of halogens is 1. The van der Waals surface area contributed by atoms with Gasteiger partial charge in [0, 0.05) is 25.7 Å². The van der Waals surface area contributed by atoms with Crippen molar-refractivity contribution in [3.63, 3.8) is 0 Å². The lowest BCUT2D eigenvalue weighted by Crippen LogP contribution is -2.25. The molecular weight excluding hydrogens is 266 g/mol. The number of rotatable bonds is 3. The van der Waals surface area contributed by atoms with Gasteiger partial charge in [-0.3, -0.25) is 15.0 Å². The van der Waals surface area contributed by atoms with Crippen LogP contribution in [0.4, 0.5) is 5.69 Å². The van der Waals surface area contributed by atoms with Crippen LogP contribution in [0, 0.1) is 22.0 Å². The Morgan fingerprint density at radius 3 is 2.63 bits per heavy atom. The fourth-order valence-electron chi connectivity index (χ4n) is 3.14. The van der Waals surface area contributed by atoms with Gasteiger partial charge in [0.15, 0.2) is 0 Å². The minimum absolute atomic E-state index is 0.0205. The van der Waals surface area contributed by atoms with E-state index in [9.17, 15) is 10.1 Å². The molecule has 2 atom stereocenters. The number of hydrogen-bond acceptors (Lipinski definition) is 4. The van der Waals surface area contributed by atoms with Crippen LogP contribution < -0.4 is 5.32 Å². The Hall–Kier alpha value is -1.17. The van der Waals surface area contributed by atoms with Gasteiger partial charge in [0.1, 0.15) is 5.02 Å². The number of likely N-dealkylation sites (tertiary alicyclic amines) is 1. The zero-order chi connectivity index (χ0) is 13.4. The zero-order valence-electron chi connectivity index (χ0n) is 10.5. The van der Waals surface area contributed by atoms with Crippen LogP contribution in [0.5, 0.6) is 0 Å². The Balaban J connectivity index is 1.67. The van der Waals surface area contributed by atoms with Crippen LogP contribution in [-0.2, 0) is 6.54 Å². The van der Waals surface area contributed by atoms with Crippen LogP contribution in [-0.4, -0.2) is 36.0 Å². The largest absolute Gasteiger partial charge is 0.316 e. The van der Waals surface area contributed by atoms with E-state index in [2.05, 4.69) is 10.2 Å². The fourth-order valence-corrected chi connectivity index (χ4v) is 3.41. The Bertz CT molecular complexity index is 497. The maximum Gasteiger partial charge on any atom is 0.287 e. The molecule has 1 N–H and O–H groups in total. The highest BCUT2D eigenvalue weighted by Crippen LogP contribution is 2.29. The molecule has 0 amide bonds. The van der Waals surface area contributed by atoms with Crippen LogP contribution in [0.2, 0.25) is 5.02 Å². The van der Waals surface area contributed by atoms with Gasteiger partial charge in [-0.05, 0) is 36.6 Å². The van der Waals surface area contributed by atoms with Gasteiger partial charge in [0.2, 0.25) is 0 Å². The lowest BCUT2D eigenvalue weighted by molar-refractivity contribution is -0.384. The number of benzene rings is 1. The topological polar surface area (TPSA) is 58.4 Å². The molecule has 0 saturated carbocycles. The third kappa shape index (κ3) is 2.59. The van der Waals surface area contributed by atoms with Crippen molar-refractivity contribution in [3.8, 4) is 0 Å². The second-order valence-electron chi connectivity index (χ2n) is 5.42. The predicted molar refractivity (Wildman–Crippen MR) is 73.2 cm³/mol. The summed E-state index contributed by atoms with van der Waals surface area (Å²) in [5.74, 6) is 1.52. The molecule has 0 aliphatic carbocycles. The van der Waals surface area contributed by atoms with Crippen molar-refractivity contribution in [2.24, 2.45) is 11.8 Å². The maximum atomic E-state index is 10.7. The van der Waals surface area contributed by atoms with Crippen molar-refractivity contribution in [2.45, 2.75) is 6.54 Å². The van der Waals surface area contributed by atoms with Gasteiger partial charge >= 0.3 is 0 Å². The van der Waals surface area contributed by atoms with E-state index in [1.807, 2.05) is 0 Å². The third-order valence-corrected chi connectivity index (χ3v) is 4.38. The zero-order valence-corrected chi connectivity index (χ0v) is 11.3. The molecule has 19 heavy (non-hydrogen) atoms. The molecule has 2 fully saturated rings. The molecule has 0 unspecified atom stereocenters. The smallest absolute Gasteiger partial charge is 0.287 e. The SMILES string of the molecule is O=[N+]([O-])c1ccc(CN2C[C@H]3CNC[C@H]3C2)cc1Cl. The van der Waals surface area contributed by atoms with Crippen LogP contribution >= 0.6 is 11.6 Å². The molecule has 1 aromatic rings. The first-order valence-corrected chi connectivity index (χ1v) is 6.87. The van der Waals surface area contributed by atoms with Gasteiger partial charge in [0.05, 0.1) is 4.92 Å². The maximum absolute atomic E-state index is 10.7. The van der Waals surface area contributed by atoms with Crippen molar-refractivity contribution < 1.29 is 4.92 Å². The monoisotopic (exact) mass is 281 g/mol. The van der Waals surface area contributed by atoms with E-state index in [1.54, 1.807) is 12.1 Å². The van der Waals surface area contributed by atoms with Crippen molar-refractivity contribution in [1.82, 2.24) is 10.2 Å². The van der Waals surface area contributed by atoms with Crippen molar-refractivity contribution in [1.29, 1.82) is 0 Å². The van der Waals surface area contributed by atoms with Crippen molar-refractivity contribution >= 4 is 17.3 Å². The van der Waals surface area contributed by atoms with E-state index in [0.717, 1.165) is 50.1 Å². The number of fused-ring (bicyclic) bond motifs is 1. The fraction of sp³-hybridized carbons (Fsp3) is 0.538. The van der Waals surface area contributed by atoms with E-state index in [4.69, 9.17) is 11.6 Å². The summed E-state index contributed by atoms with van der Waals surface area (Å²) in [6.45, 7) is 5.26. The quantitative estimate of drug-likeness (QED) is 0.679. The first kappa shape index (κ1) is 12.8. The van der Waals surface area contributed by atoms with Crippen molar-refractivity contribution in [3.05, 3.63) is 38.9 Å². The van der Waals surface area contributed by atoms with E-state index >= 15 is 0 Å². The minimum Gasteiger partial charge on any atom is -0.316 e. The number of nitrogens with one attached hydrogen (secondary N) is 1. The summed E-state index contributed by atoms with van der Waals surface area (Å²) in [6, 6.07) is 5.01. The summed E-state index contributed by atoms with van der Waals surface area (Å²) in [7, 11) is 0. The molecule has 2 saturated heterocycles. The average molecular weight is 282 g/mol. The average Bonchev–Trinajstić information content (AvgIpc) is 2.89. The summed E-state index contributed by atoms with van der Waals surface area (Å²) in [5, 5.41) is 14.4. The molecule has 102 valence electrons. The van der Waals surface area contributed by atoms with E-state index in [-0.39, 0.29) is 10.7 Å². The molecule has 3 rings (SSSR count). The molecule has 6 heteroatoms. The second-order valence-corrected chi connectivity index (χ2v) is 5.82. The van der Waals surface area contributed by atoms with E-state index in [1.165, 1.54) is 6.07 Å². The molecule has 0 spiro atoms. The Morgan fingerprint density at radius 1 is 1.37 bits per heavy atom. The number of nitro groups is 1. The molecule has 1 aromatic carbocycles. The van der Waals surface area contributed by atoms with Crippen LogP contribution in [0.1, 0.15) is 5.56 Å². The Morgan fingerprint density at radius 2 is 2.05 bits per heavy atom. The van der Waals surface area contributed by atoms with Crippen LogP contribution in [0.3, 0.4) is 0 Å². The summed E-state index contributed by atoms with van der Waals surface area (Å²) in [6.07, 6.45) is 0. The predicted octanol–water partition coefficient (Wildman–Crippen LogP) is 1.90. The molecule has 0 aromatic heterocycles. The summed E-state index contributed by atoms with van der Waals surface area (Å²) >= 11 is 5.94. The standard InChI is InChI=1S/C13H16ClN3O2/c14-12-3-9(1-2-13(12)17(18)19)6-16-7-10-4-15-5-11(10)8-16/h1-3,10-11,15H,4-8H2/t10-,11+. The normalized spacial score (nSPS) is 26.6. The van der Waals surface area contributed by atoms with E-state index in [0.29, 0.717) is 0 Å². The van der Waals surface area contributed by atoms with Gasteiger partial charge in [-0.1, -0.05) is 17.7 Å². The lowest BCUT2D eigenvalue weighted by Gasteiger charge is -2.17. The van der Waals surface area contributed by atoms with Crippen LogP contribution in [0.15, 0.2) is 18.2 Å². The highest BCUT2D eigenvalue weighted by Gasteiger charge is 2.35. The summed E-state index contributed by atoms with van der Waals surface area (Å²) < 4.78 is 0. The molecule has 0 radical (unpaired) electrons. The van der Waals surface area contributed by atoms with Gasteiger partial charge in [-0.15, -0.1) is 0 Å². The minimum atomic E-state index is -0.446. The molecule has 2 heterocycles. The first-order valence-electron chi connectivity index (χ1n) is 6.49. The molecule has 2 aliphatic heterocycles. The van der Waals surface area contributed by atoms with Gasteiger partial charge in [0.25, 0.3) is 5.69 Å². The highest BCUT2D eigenvalue weighted by molar-refractivity contribution is 6.32. The number of hydrogen-bond donors (Lipinski definition) is 1.